The van der Waals surface area contributed by atoms with Crippen molar-refractivity contribution in [3.8, 4) is 0 Å². The second kappa shape index (κ2) is 9.29. The first kappa shape index (κ1) is 19.8. The minimum Gasteiger partial charge on any atom is -0.349 e. The maximum absolute atomic E-state index is 12.7. The first-order valence-electron chi connectivity index (χ1n) is 9.15. The fourth-order valence-corrected chi connectivity index (χ4v) is 4.29. The molecule has 0 saturated carbocycles. The molecule has 0 aliphatic carbocycles. The zero-order chi connectivity index (χ0) is 19.2. The van der Waals surface area contributed by atoms with Crippen LogP contribution in [0.4, 0.5) is 5.69 Å². The number of carbonyl (C=O) groups excluding carboxylic acids is 2. The molecule has 2 aromatic carbocycles. The molecule has 0 saturated heterocycles. The van der Waals surface area contributed by atoms with Crippen LogP contribution in [-0.4, -0.2) is 24.1 Å². The summed E-state index contributed by atoms with van der Waals surface area (Å²) in [5, 5.41) is 3.69. The van der Waals surface area contributed by atoms with Crippen LogP contribution in [0.25, 0.3) is 0 Å². The summed E-state index contributed by atoms with van der Waals surface area (Å²) in [6.07, 6.45) is 1.18. The van der Waals surface area contributed by atoms with E-state index in [1.165, 1.54) is 0 Å². The van der Waals surface area contributed by atoms with Gasteiger partial charge in [0, 0.05) is 35.1 Å². The van der Waals surface area contributed by atoms with E-state index in [1.807, 2.05) is 55.5 Å². The van der Waals surface area contributed by atoms with Gasteiger partial charge in [-0.25, -0.2) is 0 Å². The molecular weight excluding hydrogens is 380 g/mol. The van der Waals surface area contributed by atoms with Gasteiger partial charge in [-0.2, -0.15) is 0 Å². The number of anilines is 1. The minimum absolute atomic E-state index is 0.00237. The van der Waals surface area contributed by atoms with Gasteiger partial charge in [-0.15, -0.1) is 11.8 Å². The minimum atomic E-state index is -0.107. The lowest BCUT2D eigenvalue weighted by atomic mass is 10.0. The lowest BCUT2D eigenvalue weighted by molar-refractivity contribution is -0.125. The number of amides is 2. The number of nitrogens with zero attached hydrogens (tertiary/aromatic N) is 1. The highest BCUT2D eigenvalue weighted by Crippen LogP contribution is 2.34. The summed E-state index contributed by atoms with van der Waals surface area (Å²) in [7, 11) is 0. The third-order valence-electron chi connectivity index (χ3n) is 4.61. The predicted octanol–water partition coefficient (Wildman–Crippen LogP) is 4.83. The molecule has 1 heterocycles. The molecule has 4 nitrogen and oxygen atoms in total. The van der Waals surface area contributed by atoms with Crippen LogP contribution in [0.5, 0.6) is 0 Å². The summed E-state index contributed by atoms with van der Waals surface area (Å²) in [5.74, 6) is 0.769. The van der Waals surface area contributed by atoms with Crippen LogP contribution in [-0.2, 0) is 9.59 Å². The van der Waals surface area contributed by atoms with Crippen molar-refractivity contribution >= 4 is 40.9 Å². The van der Waals surface area contributed by atoms with Gasteiger partial charge in [-0.05, 0) is 36.2 Å². The molecule has 0 fully saturated rings. The van der Waals surface area contributed by atoms with Crippen molar-refractivity contribution in [3.05, 3.63) is 59.1 Å². The van der Waals surface area contributed by atoms with Crippen molar-refractivity contribution in [2.75, 3.05) is 17.2 Å². The monoisotopic (exact) mass is 402 g/mol. The Morgan fingerprint density at radius 3 is 2.63 bits per heavy atom. The van der Waals surface area contributed by atoms with E-state index in [2.05, 4.69) is 5.32 Å². The van der Waals surface area contributed by atoms with Crippen LogP contribution < -0.4 is 10.2 Å². The van der Waals surface area contributed by atoms with E-state index in [9.17, 15) is 9.59 Å². The van der Waals surface area contributed by atoms with Gasteiger partial charge >= 0.3 is 0 Å². The van der Waals surface area contributed by atoms with Gasteiger partial charge in [0.25, 0.3) is 0 Å². The molecule has 0 aromatic heterocycles. The molecule has 3 rings (SSSR count). The first-order chi connectivity index (χ1) is 13.1. The van der Waals surface area contributed by atoms with Crippen LogP contribution >= 0.6 is 23.4 Å². The quantitative estimate of drug-likeness (QED) is 0.753. The molecule has 1 N–H and O–H groups in total. The van der Waals surface area contributed by atoms with E-state index in [0.29, 0.717) is 11.6 Å². The normalized spacial score (nSPS) is 14.4. The molecule has 0 bridgehead atoms. The van der Waals surface area contributed by atoms with E-state index < -0.39 is 0 Å². The fraction of sp³-hybridized carbons (Fsp3) is 0.333. The highest BCUT2D eigenvalue weighted by Gasteiger charge is 2.23. The van der Waals surface area contributed by atoms with Crippen LogP contribution in [0.1, 0.15) is 37.8 Å². The Balaban J connectivity index is 1.56. The number of carbonyl (C=O) groups is 2. The lowest BCUT2D eigenvalue weighted by Gasteiger charge is -2.29. The molecule has 0 spiro atoms. The zero-order valence-corrected chi connectivity index (χ0v) is 16.9. The van der Waals surface area contributed by atoms with Gasteiger partial charge < -0.3 is 10.2 Å². The second-order valence-electron chi connectivity index (χ2n) is 6.44. The number of thioether (sulfide) groups is 1. The van der Waals surface area contributed by atoms with E-state index in [-0.39, 0.29) is 30.7 Å². The van der Waals surface area contributed by atoms with E-state index in [0.717, 1.165) is 28.3 Å². The van der Waals surface area contributed by atoms with Crippen molar-refractivity contribution in [3.63, 3.8) is 0 Å². The number of hydrogen-bond acceptors (Lipinski definition) is 3. The van der Waals surface area contributed by atoms with Crippen LogP contribution in [0.2, 0.25) is 5.02 Å². The molecular formula is C21H23ClN2O2S. The van der Waals surface area contributed by atoms with Crippen molar-refractivity contribution in [2.24, 2.45) is 0 Å². The molecule has 142 valence electrons. The van der Waals surface area contributed by atoms with Gasteiger partial charge in [-0.1, -0.05) is 42.8 Å². The molecule has 27 heavy (non-hydrogen) atoms. The van der Waals surface area contributed by atoms with Crippen molar-refractivity contribution in [2.45, 2.75) is 37.1 Å². The van der Waals surface area contributed by atoms with Gasteiger partial charge in [0.1, 0.15) is 0 Å². The van der Waals surface area contributed by atoms with Crippen LogP contribution in [0.15, 0.2) is 53.4 Å². The molecule has 6 heteroatoms. The van der Waals surface area contributed by atoms with Crippen molar-refractivity contribution in [1.82, 2.24) is 5.32 Å². The summed E-state index contributed by atoms with van der Waals surface area (Å²) in [5.41, 5.74) is 1.97. The third kappa shape index (κ3) is 5.05. The highest BCUT2D eigenvalue weighted by molar-refractivity contribution is 7.99. The van der Waals surface area contributed by atoms with E-state index in [1.54, 1.807) is 16.7 Å². The average molecular weight is 403 g/mol. The Labute approximate surface area is 169 Å². The Kier molecular flexibility index (Phi) is 6.80. The fourth-order valence-electron chi connectivity index (χ4n) is 3.17. The van der Waals surface area contributed by atoms with Gasteiger partial charge in [0.2, 0.25) is 11.8 Å². The average Bonchev–Trinajstić information content (AvgIpc) is 2.70. The zero-order valence-electron chi connectivity index (χ0n) is 15.3. The summed E-state index contributed by atoms with van der Waals surface area (Å²) < 4.78 is 0. The Morgan fingerprint density at radius 1 is 1.15 bits per heavy atom. The highest BCUT2D eigenvalue weighted by atomic mass is 35.5. The summed E-state index contributed by atoms with van der Waals surface area (Å²) in [6.45, 7) is 2.71. The van der Waals surface area contributed by atoms with Crippen molar-refractivity contribution < 1.29 is 9.59 Å². The molecule has 1 atom stereocenters. The van der Waals surface area contributed by atoms with Gasteiger partial charge in [0.15, 0.2) is 0 Å². The number of para-hydroxylation sites is 1. The number of benzene rings is 2. The standard InChI is InChI=1S/C21H23ClN2O2S/c1-2-17(15-7-9-16(22)10-8-15)23-20(25)11-12-21(26)24-13-14-27-19-6-4-3-5-18(19)24/h3-10,17H,2,11-14H2,1H3,(H,23,25). The Hall–Kier alpha value is -1.98. The third-order valence-corrected chi connectivity index (χ3v) is 5.91. The van der Waals surface area contributed by atoms with Crippen LogP contribution in [0, 0.1) is 0 Å². The van der Waals surface area contributed by atoms with Gasteiger partial charge in [0.05, 0.1) is 11.7 Å². The number of nitrogens with one attached hydrogen (secondary N) is 1. The van der Waals surface area contributed by atoms with Gasteiger partial charge in [-0.3, -0.25) is 9.59 Å². The molecule has 2 aromatic rings. The van der Waals surface area contributed by atoms with Crippen molar-refractivity contribution in [1.29, 1.82) is 0 Å². The number of fused-ring (bicyclic) bond motifs is 1. The summed E-state index contributed by atoms with van der Waals surface area (Å²) in [4.78, 5) is 27.9. The second-order valence-corrected chi connectivity index (χ2v) is 8.01. The predicted molar refractivity (Wildman–Crippen MR) is 111 cm³/mol. The SMILES string of the molecule is CCC(NC(=O)CCC(=O)N1CCSc2ccccc21)c1ccc(Cl)cc1. The lowest BCUT2D eigenvalue weighted by Crippen LogP contribution is -2.36. The van der Waals surface area contributed by atoms with E-state index >= 15 is 0 Å². The number of rotatable bonds is 6. The number of halogens is 1. The maximum Gasteiger partial charge on any atom is 0.227 e. The maximum atomic E-state index is 12.7. The van der Waals surface area contributed by atoms with Crippen LogP contribution in [0.3, 0.4) is 0 Å². The smallest absolute Gasteiger partial charge is 0.227 e. The summed E-state index contributed by atoms with van der Waals surface area (Å²) in [6, 6.07) is 15.3. The summed E-state index contributed by atoms with van der Waals surface area (Å²) >= 11 is 7.69. The topological polar surface area (TPSA) is 49.4 Å². The molecule has 1 unspecified atom stereocenters. The van der Waals surface area contributed by atoms with E-state index in [4.69, 9.17) is 11.6 Å². The molecule has 1 aliphatic rings. The largest absolute Gasteiger partial charge is 0.349 e. The first-order valence-corrected chi connectivity index (χ1v) is 10.5. The Morgan fingerprint density at radius 2 is 1.89 bits per heavy atom. The molecule has 2 amide bonds. The molecule has 1 aliphatic heterocycles. The Bertz CT molecular complexity index is 810. The number of hydrogen-bond donors (Lipinski definition) is 1. The molecule has 0 radical (unpaired) electrons.